The maximum atomic E-state index is 13.1. The molecule has 2 aromatic carbocycles. The van der Waals surface area contributed by atoms with E-state index in [2.05, 4.69) is 5.32 Å². The maximum absolute atomic E-state index is 13.1. The third-order valence-electron chi connectivity index (χ3n) is 4.92. The summed E-state index contributed by atoms with van der Waals surface area (Å²) in [6.45, 7) is 4.32. The van der Waals surface area contributed by atoms with Gasteiger partial charge >= 0.3 is 0 Å². The first kappa shape index (κ1) is 19.1. The van der Waals surface area contributed by atoms with Gasteiger partial charge in [0.05, 0.1) is 12.6 Å². The van der Waals surface area contributed by atoms with Gasteiger partial charge in [0, 0.05) is 12.1 Å². The molecule has 0 saturated heterocycles. The van der Waals surface area contributed by atoms with Gasteiger partial charge in [-0.15, -0.1) is 0 Å². The highest BCUT2D eigenvalue weighted by molar-refractivity contribution is 6.01. The molecule has 0 radical (unpaired) electrons. The lowest BCUT2D eigenvalue weighted by molar-refractivity contribution is -0.127. The topological polar surface area (TPSA) is 69.6 Å². The normalized spacial score (nSPS) is 15.6. The molecular weight excluding hydrogens is 340 g/mol. The molecule has 0 spiro atoms. The lowest BCUT2D eigenvalue weighted by Gasteiger charge is -2.30. The summed E-state index contributed by atoms with van der Waals surface area (Å²) in [5.74, 6) is -0.0824. The van der Waals surface area contributed by atoms with Gasteiger partial charge in [0.25, 0.3) is 5.91 Å². The molecule has 2 aromatic rings. The Hall–Kier alpha value is -2.66. The number of nitrogens with one attached hydrogen (secondary N) is 1. The molecule has 2 unspecified atom stereocenters. The minimum absolute atomic E-state index is 0.105. The number of amides is 2. The Bertz CT molecular complexity index is 804. The molecule has 1 aliphatic heterocycles. The van der Waals surface area contributed by atoms with Crippen molar-refractivity contribution in [1.82, 2.24) is 10.2 Å². The van der Waals surface area contributed by atoms with E-state index in [4.69, 9.17) is 0 Å². The lowest BCUT2D eigenvalue weighted by Crippen LogP contribution is -2.49. The molecule has 1 heterocycles. The van der Waals surface area contributed by atoms with Crippen molar-refractivity contribution in [2.45, 2.75) is 38.9 Å². The average Bonchev–Trinajstić information content (AvgIpc) is 3.01. The number of fused-ring (bicyclic) bond motifs is 1. The maximum Gasteiger partial charge on any atom is 0.255 e. The summed E-state index contributed by atoms with van der Waals surface area (Å²) in [5.41, 5.74) is 2.46. The molecule has 0 bridgehead atoms. The van der Waals surface area contributed by atoms with Gasteiger partial charge in [-0.1, -0.05) is 62.4 Å². The van der Waals surface area contributed by atoms with Crippen LogP contribution >= 0.6 is 0 Å². The van der Waals surface area contributed by atoms with Crippen LogP contribution in [0.3, 0.4) is 0 Å². The van der Waals surface area contributed by atoms with E-state index in [-0.39, 0.29) is 24.3 Å². The van der Waals surface area contributed by atoms with Crippen LogP contribution in [0.5, 0.6) is 0 Å². The number of hydrogen-bond acceptors (Lipinski definition) is 3. The molecule has 27 heavy (non-hydrogen) atoms. The van der Waals surface area contributed by atoms with Gasteiger partial charge < -0.3 is 15.3 Å². The van der Waals surface area contributed by atoms with E-state index in [1.807, 2.05) is 68.4 Å². The molecule has 2 N–H and O–H groups in total. The standard InChI is InChI=1S/C22H26N2O3/c1-15(2)12-20(24-13-17-10-6-7-11-18(17)22(24)27)21(26)23-19(14-25)16-8-4-3-5-9-16/h3-11,15,19-20,25H,12-14H2,1-2H3,(H,23,26). The van der Waals surface area contributed by atoms with E-state index in [1.54, 1.807) is 4.90 Å². The van der Waals surface area contributed by atoms with Crippen molar-refractivity contribution >= 4 is 11.8 Å². The minimum atomic E-state index is -0.567. The fourth-order valence-corrected chi connectivity index (χ4v) is 3.54. The van der Waals surface area contributed by atoms with E-state index in [9.17, 15) is 14.7 Å². The zero-order valence-corrected chi connectivity index (χ0v) is 15.8. The second kappa shape index (κ2) is 8.35. The van der Waals surface area contributed by atoms with Crippen LogP contribution in [0.25, 0.3) is 0 Å². The first-order valence-electron chi connectivity index (χ1n) is 9.36. The largest absolute Gasteiger partial charge is 0.394 e. The zero-order chi connectivity index (χ0) is 19.4. The van der Waals surface area contributed by atoms with Crippen LogP contribution in [0.2, 0.25) is 0 Å². The van der Waals surface area contributed by atoms with Gasteiger partial charge in [-0.3, -0.25) is 9.59 Å². The highest BCUT2D eigenvalue weighted by Gasteiger charge is 2.37. The molecule has 3 rings (SSSR count). The highest BCUT2D eigenvalue weighted by atomic mass is 16.3. The van der Waals surface area contributed by atoms with Crippen LogP contribution in [0.4, 0.5) is 0 Å². The molecule has 2 amide bonds. The summed E-state index contributed by atoms with van der Waals surface area (Å²) >= 11 is 0. The van der Waals surface area contributed by atoms with Gasteiger partial charge in [-0.05, 0) is 29.5 Å². The van der Waals surface area contributed by atoms with Gasteiger partial charge in [0.1, 0.15) is 6.04 Å². The number of nitrogens with zero attached hydrogens (tertiary/aromatic N) is 1. The molecule has 1 aliphatic rings. The highest BCUT2D eigenvalue weighted by Crippen LogP contribution is 2.27. The summed E-state index contributed by atoms with van der Waals surface area (Å²) in [6.07, 6.45) is 0.568. The number of aliphatic hydroxyl groups excluding tert-OH is 1. The first-order valence-corrected chi connectivity index (χ1v) is 9.36. The average molecular weight is 366 g/mol. The summed E-state index contributed by atoms with van der Waals surface area (Å²) in [5, 5.41) is 12.7. The van der Waals surface area contributed by atoms with Crippen LogP contribution in [0, 0.1) is 5.92 Å². The molecule has 2 atom stereocenters. The van der Waals surface area contributed by atoms with Crippen molar-refractivity contribution < 1.29 is 14.7 Å². The van der Waals surface area contributed by atoms with Gasteiger partial charge in [-0.2, -0.15) is 0 Å². The number of hydrogen-bond donors (Lipinski definition) is 2. The molecule has 5 nitrogen and oxygen atoms in total. The quantitative estimate of drug-likeness (QED) is 0.792. The smallest absolute Gasteiger partial charge is 0.255 e. The van der Waals surface area contributed by atoms with Crippen molar-refractivity contribution in [3.05, 3.63) is 71.3 Å². The summed E-state index contributed by atoms with van der Waals surface area (Å²) in [7, 11) is 0. The fraction of sp³-hybridized carbons (Fsp3) is 0.364. The predicted octanol–water partition coefficient (Wildman–Crippen LogP) is 2.91. The molecule has 142 valence electrons. The Kier molecular flexibility index (Phi) is 5.91. The molecule has 0 saturated carbocycles. The van der Waals surface area contributed by atoms with Crippen molar-refractivity contribution in [1.29, 1.82) is 0 Å². The first-order chi connectivity index (χ1) is 13.0. The number of carbonyl (C=O) groups is 2. The molecular formula is C22H26N2O3. The Morgan fingerprint density at radius 3 is 2.41 bits per heavy atom. The molecule has 5 heteroatoms. The van der Waals surface area contributed by atoms with Crippen molar-refractivity contribution in [3.8, 4) is 0 Å². The van der Waals surface area contributed by atoms with Crippen LogP contribution < -0.4 is 5.32 Å². The molecule has 0 aromatic heterocycles. The zero-order valence-electron chi connectivity index (χ0n) is 15.8. The molecule has 0 fully saturated rings. The Balaban J connectivity index is 1.81. The third kappa shape index (κ3) is 4.19. The Labute approximate surface area is 160 Å². The van der Waals surface area contributed by atoms with Gasteiger partial charge in [-0.25, -0.2) is 0 Å². The molecule has 0 aliphatic carbocycles. The van der Waals surface area contributed by atoms with E-state index in [0.717, 1.165) is 11.1 Å². The lowest BCUT2D eigenvalue weighted by atomic mass is 10.0. The number of aliphatic hydroxyl groups is 1. The van der Waals surface area contributed by atoms with Crippen LogP contribution in [0.1, 0.15) is 47.8 Å². The van der Waals surface area contributed by atoms with Crippen LogP contribution in [0.15, 0.2) is 54.6 Å². The van der Waals surface area contributed by atoms with Gasteiger partial charge in [0.15, 0.2) is 0 Å². The summed E-state index contributed by atoms with van der Waals surface area (Å²) in [4.78, 5) is 27.6. The Morgan fingerprint density at radius 2 is 1.78 bits per heavy atom. The monoisotopic (exact) mass is 366 g/mol. The number of benzene rings is 2. The van der Waals surface area contributed by atoms with Crippen molar-refractivity contribution in [3.63, 3.8) is 0 Å². The second-order valence-corrected chi connectivity index (χ2v) is 7.39. The summed E-state index contributed by atoms with van der Waals surface area (Å²) < 4.78 is 0. The predicted molar refractivity (Wildman–Crippen MR) is 104 cm³/mol. The summed E-state index contributed by atoms with van der Waals surface area (Å²) in [6, 6.07) is 15.8. The van der Waals surface area contributed by atoms with Crippen molar-refractivity contribution in [2.75, 3.05) is 6.61 Å². The van der Waals surface area contributed by atoms with Gasteiger partial charge in [0.2, 0.25) is 5.91 Å². The van der Waals surface area contributed by atoms with E-state index < -0.39 is 12.1 Å². The third-order valence-corrected chi connectivity index (χ3v) is 4.92. The number of carbonyl (C=O) groups excluding carboxylic acids is 2. The van der Waals surface area contributed by atoms with E-state index in [1.165, 1.54) is 0 Å². The van der Waals surface area contributed by atoms with Crippen molar-refractivity contribution in [2.24, 2.45) is 5.92 Å². The minimum Gasteiger partial charge on any atom is -0.394 e. The number of rotatable bonds is 7. The second-order valence-electron chi connectivity index (χ2n) is 7.39. The van der Waals surface area contributed by atoms with Crippen LogP contribution in [-0.4, -0.2) is 34.5 Å². The Morgan fingerprint density at radius 1 is 1.11 bits per heavy atom. The van der Waals surface area contributed by atoms with E-state index >= 15 is 0 Å². The van der Waals surface area contributed by atoms with E-state index in [0.29, 0.717) is 18.5 Å². The SMILES string of the molecule is CC(C)CC(C(=O)NC(CO)c1ccccc1)N1Cc2ccccc2C1=O. The fourth-order valence-electron chi connectivity index (χ4n) is 3.54. The van der Waals surface area contributed by atoms with Crippen LogP contribution in [-0.2, 0) is 11.3 Å².